The van der Waals surface area contributed by atoms with Crippen LogP contribution in [0.25, 0.3) is 0 Å². The minimum atomic E-state index is 0. The van der Waals surface area contributed by atoms with E-state index in [1.165, 1.54) is 11.1 Å². The fraction of sp³-hybridized carbons (Fsp3) is 0.250. The zero-order valence-electron chi connectivity index (χ0n) is 11.1. The molecule has 4 heteroatoms. The molecule has 0 aliphatic carbocycles. The van der Waals surface area contributed by atoms with Crippen LogP contribution in [0.5, 0.6) is 5.75 Å². The fourth-order valence-corrected chi connectivity index (χ4v) is 2.42. The van der Waals surface area contributed by atoms with Gasteiger partial charge in [-0.05, 0) is 53.9 Å². The van der Waals surface area contributed by atoms with Crippen LogP contribution in [0.3, 0.4) is 0 Å². The molecule has 1 aliphatic heterocycles. The predicted octanol–water partition coefficient (Wildman–Crippen LogP) is 3.99. The van der Waals surface area contributed by atoms with Crippen molar-refractivity contribution < 1.29 is 4.74 Å². The summed E-state index contributed by atoms with van der Waals surface area (Å²) in [6.45, 7) is 2.58. The SMILES string of the molecule is Cl.Clc1ccc(COc2ccc3c(c2)CNCC3)cc1. The third-order valence-corrected chi connectivity index (χ3v) is 3.64. The van der Waals surface area contributed by atoms with Crippen molar-refractivity contribution >= 4 is 24.0 Å². The molecule has 106 valence electrons. The van der Waals surface area contributed by atoms with E-state index >= 15 is 0 Å². The van der Waals surface area contributed by atoms with Crippen molar-refractivity contribution in [3.05, 3.63) is 64.2 Å². The van der Waals surface area contributed by atoms with E-state index in [2.05, 4.69) is 23.5 Å². The highest BCUT2D eigenvalue weighted by Crippen LogP contribution is 2.21. The van der Waals surface area contributed by atoms with Gasteiger partial charge in [0.15, 0.2) is 0 Å². The van der Waals surface area contributed by atoms with Gasteiger partial charge < -0.3 is 10.1 Å². The van der Waals surface area contributed by atoms with Crippen molar-refractivity contribution in [1.29, 1.82) is 0 Å². The third kappa shape index (κ3) is 3.66. The summed E-state index contributed by atoms with van der Waals surface area (Å²) in [5.74, 6) is 0.928. The van der Waals surface area contributed by atoms with E-state index in [9.17, 15) is 0 Å². The summed E-state index contributed by atoms with van der Waals surface area (Å²) in [5, 5.41) is 4.13. The topological polar surface area (TPSA) is 21.3 Å². The number of hydrogen-bond acceptors (Lipinski definition) is 2. The summed E-state index contributed by atoms with van der Waals surface area (Å²) < 4.78 is 5.83. The van der Waals surface area contributed by atoms with Gasteiger partial charge >= 0.3 is 0 Å². The zero-order valence-corrected chi connectivity index (χ0v) is 12.6. The molecule has 0 aromatic heterocycles. The van der Waals surface area contributed by atoms with Gasteiger partial charge in [0, 0.05) is 11.6 Å². The Morgan fingerprint density at radius 2 is 1.85 bits per heavy atom. The average Bonchev–Trinajstić information content (AvgIpc) is 2.46. The molecule has 1 aliphatic rings. The van der Waals surface area contributed by atoms with Crippen LogP contribution < -0.4 is 10.1 Å². The van der Waals surface area contributed by atoms with Gasteiger partial charge in [-0.3, -0.25) is 0 Å². The molecule has 20 heavy (non-hydrogen) atoms. The predicted molar refractivity (Wildman–Crippen MR) is 84.9 cm³/mol. The second-order valence-corrected chi connectivity index (χ2v) is 5.21. The molecule has 2 nitrogen and oxygen atoms in total. The molecule has 0 amide bonds. The summed E-state index contributed by atoms with van der Waals surface area (Å²) in [7, 11) is 0. The summed E-state index contributed by atoms with van der Waals surface area (Å²) in [4.78, 5) is 0. The molecule has 3 rings (SSSR count). The largest absolute Gasteiger partial charge is 0.489 e. The zero-order chi connectivity index (χ0) is 13.1. The number of rotatable bonds is 3. The highest BCUT2D eigenvalue weighted by atomic mass is 35.5. The molecular formula is C16H17Cl2NO. The van der Waals surface area contributed by atoms with Gasteiger partial charge in [0.2, 0.25) is 0 Å². The standard InChI is InChI=1S/C16H16ClNO.ClH/c17-15-4-1-12(2-5-15)11-19-16-6-3-13-7-8-18-10-14(13)9-16;/h1-6,9,18H,7-8,10-11H2;1H. The lowest BCUT2D eigenvalue weighted by Gasteiger charge is -2.18. The van der Waals surface area contributed by atoms with Crippen molar-refractivity contribution in [2.24, 2.45) is 0 Å². The van der Waals surface area contributed by atoms with Crippen LogP contribution in [0.2, 0.25) is 5.02 Å². The quantitative estimate of drug-likeness (QED) is 0.925. The molecule has 2 aromatic rings. The Labute approximate surface area is 130 Å². The van der Waals surface area contributed by atoms with E-state index in [1.54, 1.807) is 0 Å². The monoisotopic (exact) mass is 309 g/mol. The van der Waals surface area contributed by atoms with Gasteiger partial charge in [0.25, 0.3) is 0 Å². The minimum Gasteiger partial charge on any atom is -0.489 e. The molecule has 0 radical (unpaired) electrons. The highest BCUT2D eigenvalue weighted by molar-refractivity contribution is 6.30. The Kier molecular flexibility index (Phi) is 5.30. The van der Waals surface area contributed by atoms with E-state index in [0.717, 1.165) is 35.8 Å². The first-order valence-electron chi connectivity index (χ1n) is 6.51. The molecule has 0 saturated carbocycles. The summed E-state index contributed by atoms with van der Waals surface area (Å²) in [6.07, 6.45) is 1.10. The molecule has 1 heterocycles. The van der Waals surface area contributed by atoms with Gasteiger partial charge in [0.05, 0.1) is 0 Å². The average molecular weight is 310 g/mol. The molecule has 0 bridgehead atoms. The Morgan fingerprint density at radius 3 is 2.65 bits per heavy atom. The lowest BCUT2D eigenvalue weighted by molar-refractivity contribution is 0.305. The molecule has 0 spiro atoms. The van der Waals surface area contributed by atoms with E-state index in [0.29, 0.717) is 6.61 Å². The number of fused-ring (bicyclic) bond motifs is 1. The maximum atomic E-state index is 5.86. The van der Waals surface area contributed by atoms with Crippen molar-refractivity contribution in [3.8, 4) is 5.75 Å². The van der Waals surface area contributed by atoms with E-state index in [-0.39, 0.29) is 12.4 Å². The highest BCUT2D eigenvalue weighted by Gasteiger charge is 2.09. The summed E-state index contributed by atoms with van der Waals surface area (Å²) in [5.41, 5.74) is 3.90. The number of halogens is 2. The van der Waals surface area contributed by atoms with Gasteiger partial charge in [-0.1, -0.05) is 29.8 Å². The van der Waals surface area contributed by atoms with E-state index in [1.807, 2.05) is 24.3 Å². The van der Waals surface area contributed by atoms with Crippen LogP contribution in [0.15, 0.2) is 42.5 Å². The molecule has 0 fully saturated rings. The van der Waals surface area contributed by atoms with E-state index in [4.69, 9.17) is 16.3 Å². The molecule has 2 aromatic carbocycles. The van der Waals surface area contributed by atoms with Gasteiger partial charge in [-0.25, -0.2) is 0 Å². The first-order valence-corrected chi connectivity index (χ1v) is 6.89. The number of nitrogens with one attached hydrogen (secondary N) is 1. The maximum Gasteiger partial charge on any atom is 0.120 e. The summed E-state index contributed by atoms with van der Waals surface area (Å²) >= 11 is 5.86. The number of ether oxygens (including phenoxy) is 1. The van der Waals surface area contributed by atoms with Gasteiger partial charge in [-0.2, -0.15) is 0 Å². The Balaban J connectivity index is 0.00000147. The van der Waals surface area contributed by atoms with Crippen molar-refractivity contribution in [1.82, 2.24) is 5.32 Å². The van der Waals surface area contributed by atoms with Crippen molar-refractivity contribution in [3.63, 3.8) is 0 Å². The lowest BCUT2D eigenvalue weighted by atomic mass is 10.0. The van der Waals surface area contributed by atoms with Crippen molar-refractivity contribution in [2.45, 2.75) is 19.6 Å². The molecule has 0 atom stereocenters. The lowest BCUT2D eigenvalue weighted by Crippen LogP contribution is -2.23. The van der Waals surface area contributed by atoms with Crippen LogP contribution in [0.1, 0.15) is 16.7 Å². The van der Waals surface area contributed by atoms with Crippen molar-refractivity contribution in [2.75, 3.05) is 6.54 Å². The molecule has 0 unspecified atom stereocenters. The van der Waals surface area contributed by atoms with Gasteiger partial charge in [-0.15, -0.1) is 12.4 Å². The Bertz CT molecular complexity index is 569. The first-order chi connectivity index (χ1) is 9.31. The first kappa shape index (κ1) is 15.2. The number of benzene rings is 2. The van der Waals surface area contributed by atoms with Gasteiger partial charge in [0.1, 0.15) is 12.4 Å². The number of hydrogen-bond donors (Lipinski definition) is 1. The third-order valence-electron chi connectivity index (χ3n) is 3.38. The second-order valence-electron chi connectivity index (χ2n) is 4.77. The van der Waals surface area contributed by atoms with Crippen LogP contribution in [0.4, 0.5) is 0 Å². The normalized spacial score (nSPS) is 13.2. The maximum absolute atomic E-state index is 5.86. The van der Waals surface area contributed by atoms with Crippen LogP contribution >= 0.6 is 24.0 Å². The van der Waals surface area contributed by atoms with Crippen LogP contribution in [0, 0.1) is 0 Å². The van der Waals surface area contributed by atoms with Crippen LogP contribution in [-0.2, 0) is 19.6 Å². The molecular weight excluding hydrogens is 293 g/mol. The summed E-state index contributed by atoms with van der Waals surface area (Å²) in [6, 6.07) is 14.1. The molecule has 0 saturated heterocycles. The molecule has 1 N–H and O–H groups in total. The minimum absolute atomic E-state index is 0. The van der Waals surface area contributed by atoms with Crippen LogP contribution in [-0.4, -0.2) is 6.54 Å². The Morgan fingerprint density at radius 1 is 1.05 bits per heavy atom. The fourth-order valence-electron chi connectivity index (χ4n) is 2.29. The van der Waals surface area contributed by atoms with E-state index < -0.39 is 0 Å². The second kappa shape index (κ2) is 6.98. The Hall–Kier alpha value is -1.22. The smallest absolute Gasteiger partial charge is 0.120 e.